The van der Waals surface area contributed by atoms with Crippen molar-refractivity contribution in [3.05, 3.63) is 57.6 Å². The SMILES string of the molecule is CCCCOc1ccc(Br)cc1C(=O)Nc1ccc(C)c(C)c1. The quantitative estimate of drug-likeness (QED) is 0.677. The Balaban J connectivity index is 2.19. The summed E-state index contributed by atoms with van der Waals surface area (Å²) < 4.78 is 6.60. The Hall–Kier alpha value is -1.81. The molecule has 2 aromatic rings. The summed E-state index contributed by atoms with van der Waals surface area (Å²) in [5, 5.41) is 2.94. The van der Waals surface area contributed by atoms with E-state index in [1.165, 1.54) is 5.56 Å². The van der Waals surface area contributed by atoms with Crippen molar-refractivity contribution in [1.29, 1.82) is 0 Å². The lowest BCUT2D eigenvalue weighted by Gasteiger charge is -2.13. The molecule has 4 heteroatoms. The fourth-order valence-corrected chi connectivity index (χ4v) is 2.51. The minimum atomic E-state index is -0.166. The molecule has 0 atom stereocenters. The van der Waals surface area contributed by atoms with Gasteiger partial charge < -0.3 is 10.1 Å². The molecular weight excluding hydrogens is 354 g/mol. The second-order valence-electron chi connectivity index (χ2n) is 5.60. The molecule has 0 radical (unpaired) electrons. The van der Waals surface area contributed by atoms with Crippen LogP contribution in [0.2, 0.25) is 0 Å². The zero-order valence-corrected chi connectivity index (χ0v) is 15.4. The summed E-state index contributed by atoms with van der Waals surface area (Å²) in [5.41, 5.74) is 3.68. The molecule has 0 aromatic heterocycles. The van der Waals surface area contributed by atoms with Crippen molar-refractivity contribution < 1.29 is 9.53 Å². The average Bonchev–Trinajstić information content (AvgIpc) is 2.52. The van der Waals surface area contributed by atoms with Gasteiger partial charge in [-0.25, -0.2) is 0 Å². The Morgan fingerprint density at radius 1 is 1.13 bits per heavy atom. The molecule has 1 N–H and O–H groups in total. The van der Waals surface area contributed by atoms with Crippen LogP contribution in [0.5, 0.6) is 5.75 Å². The molecule has 0 heterocycles. The predicted octanol–water partition coefficient (Wildman–Crippen LogP) is 5.50. The third-order valence-electron chi connectivity index (χ3n) is 3.71. The number of rotatable bonds is 6. The maximum atomic E-state index is 12.6. The number of hydrogen-bond acceptors (Lipinski definition) is 2. The maximum absolute atomic E-state index is 12.6. The van der Waals surface area contributed by atoms with Crippen LogP contribution in [0.25, 0.3) is 0 Å². The first kappa shape index (κ1) is 17.5. The van der Waals surface area contributed by atoms with Crippen molar-refractivity contribution in [3.8, 4) is 5.75 Å². The number of unbranched alkanes of at least 4 members (excludes halogenated alkanes) is 1. The monoisotopic (exact) mass is 375 g/mol. The number of benzene rings is 2. The van der Waals surface area contributed by atoms with E-state index >= 15 is 0 Å². The van der Waals surface area contributed by atoms with Crippen LogP contribution < -0.4 is 10.1 Å². The summed E-state index contributed by atoms with van der Waals surface area (Å²) in [5.74, 6) is 0.448. The first-order valence-electron chi connectivity index (χ1n) is 7.82. The van der Waals surface area contributed by atoms with Crippen molar-refractivity contribution in [2.24, 2.45) is 0 Å². The Bertz CT molecular complexity index is 698. The van der Waals surface area contributed by atoms with Gasteiger partial charge >= 0.3 is 0 Å². The number of carbonyl (C=O) groups is 1. The Morgan fingerprint density at radius 3 is 2.61 bits per heavy atom. The van der Waals surface area contributed by atoms with Crippen LogP contribution in [0.15, 0.2) is 40.9 Å². The fraction of sp³-hybridized carbons (Fsp3) is 0.316. The van der Waals surface area contributed by atoms with Crippen LogP contribution in [0.1, 0.15) is 41.3 Å². The van der Waals surface area contributed by atoms with Crippen LogP contribution in [-0.2, 0) is 0 Å². The van der Waals surface area contributed by atoms with E-state index in [1.807, 2.05) is 37.3 Å². The Labute approximate surface area is 146 Å². The average molecular weight is 376 g/mol. The molecule has 0 spiro atoms. The van der Waals surface area contributed by atoms with Gasteiger partial charge in [-0.3, -0.25) is 4.79 Å². The topological polar surface area (TPSA) is 38.3 Å². The van der Waals surface area contributed by atoms with E-state index in [1.54, 1.807) is 6.07 Å². The highest BCUT2D eigenvalue weighted by Crippen LogP contribution is 2.25. The van der Waals surface area contributed by atoms with Crippen LogP contribution in [-0.4, -0.2) is 12.5 Å². The molecule has 0 saturated heterocycles. The van der Waals surface area contributed by atoms with E-state index in [0.717, 1.165) is 28.6 Å². The molecule has 3 nitrogen and oxygen atoms in total. The van der Waals surface area contributed by atoms with Gasteiger partial charge in [0.05, 0.1) is 12.2 Å². The molecule has 0 aliphatic rings. The molecule has 122 valence electrons. The molecule has 0 bridgehead atoms. The predicted molar refractivity (Wildman–Crippen MR) is 98.4 cm³/mol. The number of anilines is 1. The van der Waals surface area contributed by atoms with Gasteiger partial charge in [-0.1, -0.05) is 35.3 Å². The van der Waals surface area contributed by atoms with Gasteiger partial charge in [0.25, 0.3) is 5.91 Å². The molecule has 1 amide bonds. The minimum absolute atomic E-state index is 0.166. The van der Waals surface area contributed by atoms with Gasteiger partial charge in [0, 0.05) is 10.2 Å². The first-order valence-corrected chi connectivity index (χ1v) is 8.61. The number of ether oxygens (including phenoxy) is 1. The standard InChI is InChI=1S/C19H22BrNO2/c1-4-5-10-23-18-9-7-15(20)12-17(18)19(22)21-16-8-6-13(2)14(3)11-16/h6-9,11-12H,4-5,10H2,1-3H3,(H,21,22). The zero-order chi connectivity index (χ0) is 16.8. The molecule has 23 heavy (non-hydrogen) atoms. The van der Waals surface area contributed by atoms with Crippen molar-refractivity contribution in [2.45, 2.75) is 33.6 Å². The number of hydrogen-bond donors (Lipinski definition) is 1. The van der Waals surface area contributed by atoms with Crippen molar-refractivity contribution in [1.82, 2.24) is 0 Å². The molecule has 0 unspecified atom stereocenters. The van der Waals surface area contributed by atoms with E-state index in [-0.39, 0.29) is 5.91 Å². The van der Waals surface area contributed by atoms with Crippen LogP contribution >= 0.6 is 15.9 Å². The summed E-state index contributed by atoms with van der Waals surface area (Å²) in [6.45, 7) is 6.80. The summed E-state index contributed by atoms with van der Waals surface area (Å²) in [6, 6.07) is 11.4. The first-order chi connectivity index (χ1) is 11.0. The largest absolute Gasteiger partial charge is 0.493 e. The van der Waals surface area contributed by atoms with Gasteiger partial charge in [-0.15, -0.1) is 0 Å². The van der Waals surface area contributed by atoms with Gasteiger partial charge in [0.2, 0.25) is 0 Å². The number of amides is 1. The summed E-state index contributed by atoms with van der Waals surface area (Å²) in [6.07, 6.45) is 2.02. The molecule has 2 aromatic carbocycles. The number of carbonyl (C=O) groups excluding carboxylic acids is 1. The normalized spacial score (nSPS) is 10.4. The number of nitrogens with one attached hydrogen (secondary N) is 1. The highest BCUT2D eigenvalue weighted by molar-refractivity contribution is 9.10. The van der Waals surface area contributed by atoms with Crippen LogP contribution in [0, 0.1) is 13.8 Å². The van der Waals surface area contributed by atoms with E-state index in [4.69, 9.17) is 4.74 Å². The Kier molecular flexibility index (Phi) is 6.22. The van der Waals surface area contributed by atoms with Crippen LogP contribution in [0.3, 0.4) is 0 Å². The van der Waals surface area contributed by atoms with E-state index in [0.29, 0.717) is 17.9 Å². The zero-order valence-electron chi connectivity index (χ0n) is 13.8. The maximum Gasteiger partial charge on any atom is 0.259 e. The third kappa shape index (κ3) is 4.83. The Morgan fingerprint density at radius 2 is 1.91 bits per heavy atom. The highest BCUT2D eigenvalue weighted by atomic mass is 79.9. The van der Waals surface area contributed by atoms with Gasteiger partial charge in [-0.05, 0) is 61.7 Å². The molecule has 0 aliphatic carbocycles. The molecule has 2 rings (SSSR count). The van der Waals surface area contributed by atoms with E-state index in [2.05, 4.69) is 35.1 Å². The minimum Gasteiger partial charge on any atom is -0.493 e. The summed E-state index contributed by atoms with van der Waals surface area (Å²) >= 11 is 3.42. The molecule has 0 fully saturated rings. The van der Waals surface area contributed by atoms with E-state index < -0.39 is 0 Å². The van der Waals surface area contributed by atoms with E-state index in [9.17, 15) is 4.79 Å². The lowest BCUT2D eigenvalue weighted by atomic mass is 10.1. The van der Waals surface area contributed by atoms with Gasteiger partial charge in [0.15, 0.2) is 0 Å². The molecule has 0 aliphatic heterocycles. The highest BCUT2D eigenvalue weighted by Gasteiger charge is 2.14. The molecular formula is C19H22BrNO2. The summed E-state index contributed by atoms with van der Waals surface area (Å²) in [7, 11) is 0. The summed E-state index contributed by atoms with van der Waals surface area (Å²) in [4.78, 5) is 12.6. The third-order valence-corrected chi connectivity index (χ3v) is 4.20. The molecule has 0 saturated carbocycles. The number of halogens is 1. The van der Waals surface area contributed by atoms with Crippen molar-refractivity contribution >= 4 is 27.5 Å². The fourth-order valence-electron chi connectivity index (χ4n) is 2.15. The lowest BCUT2D eigenvalue weighted by molar-refractivity contribution is 0.102. The van der Waals surface area contributed by atoms with Crippen molar-refractivity contribution in [3.63, 3.8) is 0 Å². The van der Waals surface area contributed by atoms with Gasteiger partial charge in [0.1, 0.15) is 5.75 Å². The smallest absolute Gasteiger partial charge is 0.259 e. The lowest BCUT2D eigenvalue weighted by Crippen LogP contribution is -2.14. The second-order valence-corrected chi connectivity index (χ2v) is 6.51. The van der Waals surface area contributed by atoms with Crippen LogP contribution in [0.4, 0.5) is 5.69 Å². The second kappa shape index (κ2) is 8.16. The van der Waals surface area contributed by atoms with Gasteiger partial charge in [-0.2, -0.15) is 0 Å². The number of aryl methyl sites for hydroxylation is 2. The van der Waals surface area contributed by atoms with Crippen molar-refractivity contribution in [2.75, 3.05) is 11.9 Å².